The number of hydrogen-bond donors (Lipinski definition) is 2. The molecule has 3 heterocycles. The fraction of sp³-hybridized carbons (Fsp3) is 0.278. The molecule has 1 amide bonds. The fourth-order valence-corrected chi connectivity index (χ4v) is 4.75. The van der Waals surface area contributed by atoms with Crippen LogP contribution in [0.25, 0.3) is 0 Å². The lowest BCUT2D eigenvalue weighted by Gasteiger charge is -2.13. The van der Waals surface area contributed by atoms with Gasteiger partial charge >= 0.3 is 0 Å². The van der Waals surface area contributed by atoms with Crippen molar-refractivity contribution in [3.05, 3.63) is 68.4 Å². The molecule has 1 saturated carbocycles. The monoisotopic (exact) mass is 359 g/mol. The van der Waals surface area contributed by atoms with E-state index in [4.69, 9.17) is 4.42 Å². The Kier molecular flexibility index (Phi) is 4.04. The summed E-state index contributed by atoms with van der Waals surface area (Å²) in [6.45, 7) is 0.488. The minimum Gasteiger partial charge on any atom is -0.466 e. The van der Waals surface area contributed by atoms with Crippen molar-refractivity contribution in [1.29, 1.82) is 0 Å². The van der Waals surface area contributed by atoms with Crippen molar-refractivity contribution in [3.63, 3.8) is 0 Å². The summed E-state index contributed by atoms with van der Waals surface area (Å²) >= 11 is 3.13. The summed E-state index contributed by atoms with van der Waals surface area (Å²) in [6.07, 6.45) is 2.64. The second-order valence-corrected chi connectivity index (χ2v) is 8.11. The van der Waals surface area contributed by atoms with Gasteiger partial charge in [-0.2, -0.15) is 0 Å². The van der Waals surface area contributed by atoms with Crippen molar-refractivity contribution in [3.8, 4) is 0 Å². The van der Waals surface area contributed by atoms with E-state index < -0.39 is 6.10 Å². The highest BCUT2D eigenvalue weighted by atomic mass is 32.1. The molecule has 0 spiro atoms. The first-order chi connectivity index (χ1) is 11.7. The Hall–Kier alpha value is -1.89. The molecule has 4 rings (SSSR count). The van der Waals surface area contributed by atoms with Gasteiger partial charge in [0, 0.05) is 14.6 Å². The van der Waals surface area contributed by atoms with Crippen LogP contribution >= 0.6 is 22.7 Å². The van der Waals surface area contributed by atoms with E-state index in [0.717, 1.165) is 27.5 Å². The number of carbonyl (C=O) groups is 1. The molecule has 0 aliphatic heterocycles. The van der Waals surface area contributed by atoms with Gasteiger partial charge in [0.1, 0.15) is 11.9 Å². The average Bonchev–Trinajstić information content (AvgIpc) is 3.08. The maximum absolute atomic E-state index is 12.6. The Balaban J connectivity index is 1.39. The van der Waals surface area contributed by atoms with Crippen molar-refractivity contribution < 1.29 is 14.3 Å². The highest BCUT2D eigenvalue weighted by molar-refractivity contribution is 7.12. The zero-order valence-corrected chi connectivity index (χ0v) is 14.5. The van der Waals surface area contributed by atoms with Crippen molar-refractivity contribution in [1.82, 2.24) is 5.32 Å². The Morgan fingerprint density at radius 1 is 1.29 bits per heavy atom. The molecule has 3 aromatic heterocycles. The average molecular weight is 359 g/mol. The van der Waals surface area contributed by atoms with Crippen LogP contribution in [0.15, 0.2) is 52.5 Å². The standard InChI is InChI=1S/C18H17NO3S2/c20-16(13-3-1-9-22-13)14-6-5-12(24-14)11-19-17(21)18(7-8-18)15-4-2-10-23-15/h1-6,9-10,16,20H,7-8,11H2,(H,19,21). The van der Waals surface area contributed by atoms with Crippen LogP contribution in [0.5, 0.6) is 0 Å². The number of hydrogen-bond acceptors (Lipinski definition) is 5. The topological polar surface area (TPSA) is 62.5 Å². The smallest absolute Gasteiger partial charge is 0.231 e. The van der Waals surface area contributed by atoms with E-state index in [9.17, 15) is 9.90 Å². The third kappa shape index (κ3) is 2.81. The molecule has 6 heteroatoms. The molecule has 1 fully saturated rings. The Bertz CT molecular complexity index is 816. The van der Waals surface area contributed by atoms with E-state index in [1.165, 1.54) is 11.3 Å². The van der Waals surface area contributed by atoms with Gasteiger partial charge < -0.3 is 14.8 Å². The predicted molar refractivity (Wildman–Crippen MR) is 94.2 cm³/mol. The maximum Gasteiger partial charge on any atom is 0.231 e. The molecule has 24 heavy (non-hydrogen) atoms. The lowest BCUT2D eigenvalue weighted by atomic mass is 10.0. The van der Waals surface area contributed by atoms with E-state index in [1.54, 1.807) is 29.7 Å². The van der Waals surface area contributed by atoms with Gasteiger partial charge in [0.2, 0.25) is 5.91 Å². The second kappa shape index (κ2) is 6.20. The first-order valence-electron chi connectivity index (χ1n) is 7.81. The maximum atomic E-state index is 12.6. The van der Waals surface area contributed by atoms with Gasteiger partial charge in [0.15, 0.2) is 0 Å². The molecule has 3 aromatic rings. The van der Waals surface area contributed by atoms with Gasteiger partial charge in [-0.25, -0.2) is 0 Å². The minimum absolute atomic E-state index is 0.103. The second-order valence-electron chi connectivity index (χ2n) is 5.96. The molecule has 0 radical (unpaired) electrons. The van der Waals surface area contributed by atoms with E-state index >= 15 is 0 Å². The molecule has 2 N–H and O–H groups in total. The molecule has 124 valence electrons. The molecule has 1 aliphatic carbocycles. The number of thiophene rings is 2. The number of amides is 1. The number of nitrogens with one attached hydrogen (secondary N) is 1. The summed E-state index contributed by atoms with van der Waals surface area (Å²) in [5.41, 5.74) is -0.304. The summed E-state index contributed by atoms with van der Waals surface area (Å²) in [4.78, 5) is 15.5. The minimum atomic E-state index is -0.754. The van der Waals surface area contributed by atoms with Crippen LogP contribution in [0.2, 0.25) is 0 Å². The molecule has 0 bridgehead atoms. The van der Waals surface area contributed by atoms with Crippen molar-refractivity contribution in [2.75, 3.05) is 0 Å². The summed E-state index contributed by atoms with van der Waals surface area (Å²) in [5.74, 6) is 0.633. The van der Waals surface area contributed by atoms with Crippen LogP contribution in [0.3, 0.4) is 0 Å². The molecule has 4 nitrogen and oxygen atoms in total. The van der Waals surface area contributed by atoms with Crippen molar-refractivity contribution >= 4 is 28.6 Å². The molecule has 1 unspecified atom stereocenters. The number of aliphatic hydroxyl groups excluding tert-OH is 1. The van der Waals surface area contributed by atoms with Crippen LogP contribution in [-0.2, 0) is 16.8 Å². The predicted octanol–water partition coefficient (Wildman–Crippen LogP) is 3.83. The third-order valence-corrected chi connectivity index (χ3v) is 6.58. The van der Waals surface area contributed by atoms with E-state index in [-0.39, 0.29) is 11.3 Å². The van der Waals surface area contributed by atoms with E-state index in [0.29, 0.717) is 12.3 Å². The fourth-order valence-electron chi connectivity index (χ4n) is 2.82. The zero-order valence-electron chi connectivity index (χ0n) is 12.9. The van der Waals surface area contributed by atoms with Crippen LogP contribution < -0.4 is 5.32 Å². The summed E-state index contributed by atoms with van der Waals surface area (Å²) < 4.78 is 5.24. The third-order valence-electron chi connectivity index (χ3n) is 4.37. The van der Waals surface area contributed by atoms with E-state index in [1.807, 2.05) is 29.6 Å². The summed E-state index contributed by atoms with van der Waals surface area (Å²) in [5, 5.41) is 15.3. The molecule has 1 aliphatic rings. The highest BCUT2D eigenvalue weighted by Gasteiger charge is 2.51. The van der Waals surface area contributed by atoms with Gasteiger partial charge in [-0.15, -0.1) is 22.7 Å². The number of furan rings is 1. The van der Waals surface area contributed by atoms with Crippen LogP contribution in [-0.4, -0.2) is 11.0 Å². The van der Waals surface area contributed by atoms with Gasteiger partial charge in [0.25, 0.3) is 0 Å². The normalized spacial score (nSPS) is 16.7. The Labute approximate surface area is 147 Å². The van der Waals surface area contributed by atoms with Crippen LogP contribution in [0.1, 0.15) is 39.3 Å². The Morgan fingerprint density at radius 3 is 2.83 bits per heavy atom. The van der Waals surface area contributed by atoms with Crippen molar-refractivity contribution in [2.45, 2.75) is 30.9 Å². The highest BCUT2D eigenvalue weighted by Crippen LogP contribution is 2.50. The molecular weight excluding hydrogens is 342 g/mol. The number of rotatable bonds is 6. The molecule has 1 atom stereocenters. The van der Waals surface area contributed by atoms with Crippen LogP contribution in [0, 0.1) is 0 Å². The number of carbonyl (C=O) groups excluding carboxylic acids is 1. The zero-order chi connectivity index (χ0) is 16.6. The largest absolute Gasteiger partial charge is 0.466 e. The Morgan fingerprint density at radius 2 is 2.17 bits per heavy atom. The van der Waals surface area contributed by atoms with Crippen molar-refractivity contribution in [2.24, 2.45) is 0 Å². The van der Waals surface area contributed by atoms with Gasteiger partial charge in [-0.05, 0) is 48.6 Å². The molecule has 0 saturated heterocycles. The van der Waals surface area contributed by atoms with Gasteiger partial charge in [-0.3, -0.25) is 4.79 Å². The van der Waals surface area contributed by atoms with E-state index in [2.05, 4.69) is 5.32 Å². The van der Waals surface area contributed by atoms with Crippen LogP contribution in [0.4, 0.5) is 0 Å². The quantitative estimate of drug-likeness (QED) is 0.703. The lowest BCUT2D eigenvalue weighted by molar-refractivity contribution is -0.123. The first kappa shape index (κ1) is 15.6. The lowest BCUT2D eigenvalue weighted by Crippen LogP contribution is -2.33. The summed E-state index contributed by atoms with van der Waals surface area (Å²) in [7, 11) is 0. The SMILES string of the molecule is O=C(NCc1ccc(C(O)c2ccco2)s1)C1(c2cccs2)CC1. The van der Waals surface area contributed by atoms with Gasteiger partial charge in [-0.1, -0.05) is 6.07 Å². The first-order valence-corrected chi connectivity index (χ1v) is 9.51. The molecule has 0 aromatic carbocycles. The number of aliphatic hydroxyl groups is 1. The molecular formula is C18H17NO3S2. The van der Waals surface area contributed by atoms with Gasteiger partial charge in [0.05, 0.1) is 18.2 Å². The summed E-state index contributed by atoms with van der Waals surface area (Å²) in [6, 6.07) is 11.4.